The van der Waals surface area contributed by atoms with Gasteiger partial charge in [0.1, 0.15) is 0 Å². The highest BCUT2D eigenvalue weighted by Gasteiger charge is 2.38. The van der Waals surface area contributed by atoms with Gasteiger partial charge in [-0.15, -0.1) is 0 Å². The first-order valence-corrected chi connectivity index (χ1v) is 7.49. The van der Waals surface area contributed by atoms with Crippen molar-refractivity contribution >= 4 is 5.91 Å². The zero-order valence-corrected chi connectivity index (χ0v) is 13.1. The molecule has 0 aliphatic carbocycles. The summed E-state index contributed by atoms with van der Waals surface area (Å²) < 4.78 is 0. The van der Waals surface area contributed by atoms with Gasteiger partial charge in [-0.3, -0.25) is 4.79 Å². The van der Waals surface area contributed by atoms with Crippen LogP contribution in [0, 0.1) is 22.7 Å². The zero-order chi connectivity index (χ0) is 16.0. The number of nitrogens with one attached hydrogen (secondary N) is 2. The predicted octanol–water partition coefficient (Wildman–Crippen LogP) is 0.152. The van der Waals surface area contributed by atoms with Crippen LogP contribution in [0.4, 0.5) is 0 Å². The van der Waals surface area contributed by atoms with E-state index in [4.69, 9.17) is 5.11 Å². The molecule has 0 bridgehead atoms. The van der Waals surface area contributed by atoms with Gasteiger partial charge in [0, 0.05) is 12.6 Å². The maximum atomic E-state index is 12.1. The molecule has 1 saturated heterocycles. The maximum Gasteiger partial charge on any atom is 0.237 e. The molecule has 1 heterocycles. The van der Waals surface area contributed by atoms with E-state index in [1.54, 1.807) is 0 Å². The number of carbonyl (C=O) groups excluding carboxylic acids is 1. The van der Waals surface area contributed by atoms with Crippen molar-refractivity contribution in [2.75, 3.05) is 13.2 Å². The van der Waals surface area contributed by atoms with Crippen molar-refractivity contribution < 1.29 is 15.0 Å². The van der Waals surface area contributed by atoms with Crippen LogP contribution in [0.2, 0.25) is 0 Å². The third kappa shape index (κ3) is 6.00. The van der Waals surface area contributed by atoms with Crippen molar-refractivity contribution in [1.29, 1.82) is 5.26 Å². The molecule has 1 fully saturated rings. The molecule has 1 rings (SSSR count). The molecule has 1 amide bonds. The number of hydrogen-bond donors (Lipinski definition) is 4. The molecule has 6 nitrogen and oxygen atoms in total. The lowest BCUT2D eigenvalue weighted by molar-refractivity contribution is -0.123. The molecule has 21 heavy (non-hydrogen) atoms. The van der Waals surface area contributed by atoms with Gasteiger partial charge in [-0.2, -0.15) is 5.26 Å². The van der Waals surface area contributed by atoms with E-state index in [1.165, 1.54) is 0 Å². The van der Waals surface area contributed by atoms with Crippen LogP contribution >= 0.6 is 0 Å². The van der Waals surface area contributed by atoms with E-state index in [-0.39, 0.29) is 35.9 Å². The number of aliphatic hydroxyl groups is 2. The molecule has 0 radical (unpaired) electrons. The second-order valence-corrected chi connectivity index (χ2v) is 6.98. The number of nitriles is 1. The van der Waals surface area contributed by atoms with E-state index >= 15 is 0 Å². The Morgan fingerprint density at radius 3 is 2.71 bits per heavy atom. The summed E-state index contributed by atoms with van der Waals surface area (Å²) >= 11 is 0. The van der Waals surface area contributed by atoms with Crippen LogP contribution < -0.4 is 10.6 Å². The summed E-state index contributed by atoms with van der Waals surface area (Å²) in [5.41, 5.74) is 0.101. The summed E-state index contributed by atoms with van der Waals surface area (Å²) in [4.78, 5) is 12.1. The first-order chi connectivity index (χ1) is 9.76. The molecule has 0 saturated carbocycles. The van der Waals surface area contributed by atoms with Crippen LogP contribution in [0.1, 0.15) is 40.0 Å². The van der Waals surface area contributed by atoms with Gasteiger partial charge in [-0.1, -0.05) is 20.8 Å². The SMILES string of the molecule is CC(C)(C)CC1NC(C(=O)NCC[C@H](O)CO)CC1C#N. The lowest BCUT2D eigenvalue weighted by Crippen LogP contribution is -2.44. The fourth-order valence-electron chi connectivity index (χ4n) is 2.62. The van der Waals surface area contributed by atoms with Gasteiger partial charge in [0.25, 0.3) is 0 Å². The van der Waals surface area contributed by atoms with E-state index in [2.05, 4.69) is 37.5 Å². The Labute approximate surface area is 126 Å². The lowest BCUT2D eigenvalue weighted by Gasteiger charge is -2.25. The van der Waals surface area contributed by atoms with Gasteiger partial charge in [-0.25, -0.2) is 0 Å². The van der Waals surface area contributed by atoms with Gasteiger partial charge < -0.3 is 20.8 Å². The molecule has 0 aromatic carbocycles. The standard InChI is InChI=1S/C15H27N3O3/c1-15(2,3)7-13-10(8-16)6-12(18-13)14(21)17-5-4-11(20)9-19/h10-13,18-20H,4-7,9H2,1-3H3,(H,17,21)/t10?,11-,12?,13?/m0/s1. The van der Waals surface area contributed by atoms with E-state index < -0.39 is 6.10 Å². The second-order valence-electron chi connectivity index (χ2n) is 6.98. The van der Waals surface area contributed by atoms with Crippen LogP contribution in [0.25, 0.3) is 0 Å². The van der Waals surface area contributed by atoms with Gasteiger partial charge in [0.15, 0.2) is 0 Å². The van der Waals surface area contributed by atoms with E-state index in [1.807, 2.05) is 0 Å². The highest BCUT2D eigenvalue weighted by Crippen LogP contribution is 2.30. The minimum atomic E-state index is -0.803. The Bertz CT molecular complexity index is 387. The van der Waals surface area contributed by atoms with Crippen molar-refractivity contribution in [3.8, 4) is 6.07 Å². The summed E-state index contributed by atoms with van der Waals surface area (Å²) in [5.74, 6) is -0.292. The van der Waals surface area contributed by atoms with E-state index in [0.717, 1.165) is 6.42 Å². The van der Waals surface area contributed by atoms with Crippen LogP contribution in [-0.2, 0) is 4.79 Å². The average Bonchev–Trinajstić information content (AvgIpc) is 2.79. The normalized spacial score (nSPS) is 27.1. The quantitative estimate of drug-likeness (QED) is 0.558. The van der Waals surface area contributed by atoms with E-state index in [9.17, 15) is 15.2 Å². The Morgan fingerprint density at radius 2 is 2.19 bits per heavy atom. The molecule has 4 atom stereocenters. The first-order valence-electron chi connectivity index (χ1n) is 7.49. The molecule has 120 valence electrons. The third-order valence-corrected chi connectivity index (χ3v) is 3.69. The van der Waals surface area contributed by atoms with Crippen LogP contribution in [-0.4, -0.2) is 47.5 Å². The number of carbonyl (C=O) groups is 1. The molecule has 4 N–H and O–H groups in total. The zero-order valence-electron chi connectivity index (χ0n) is 13.1. The summed E-state index contributed by atoms with van der Waals surface area (Å²) in [5, 5.41) is 33.2. The molecular formula is C15H27N3O3. The number of amides is 1. The molecule has 3 unspecified atom stereocenters. The Kier molecular flexibility index (Phi) is 6.59. The topological polar surface area (TPSA) is 105 Å². The average molecular weight is 297 g/mol. The summed E-state index contributed by atoms with van der Waals surface area (Å²) in [6.07, 6.45) is 0.883. The largest absolute Gasteiger partial charge is 0.394 e. The monoisotopic (exact) mass is 297 g/mol. The molecule has 1 aliphatic rings. The number of nitrogens with zero attached hydrogens (tertiary/aromatic N) is 1. The van der Waals surface area contributed by atoms with Gasteiger partial charge >= 0.3 is 0 Å². The molecule has 0 aromatic heterocycles. The molecule has 6 heteroatoms. The molecular weight excluding hydrogens is 270 g/mol. The van der Waals surface area contributed by atoms with Crippen LogP contribution in [0.3, 0.4) is 0 Å². The summed E-state index contributed by atoms with van der Waals surface area (Å²) in [7, 11) is 0. The van der Waals surface area contributed by atoms with Crippen LogP contribution in [0.15, 0.2) is 0 Å². The van der Waals surface area contributed by atoms with Gasteiger partial charge in [-0.05, 0) is 24.7 Å². The molecule has 1 aliphatic heterocycles. The fourth-order valence-corrected chi connectivity index (χ4v) is 2.62. The van der Waals surface area contributed by atoms with Gasteiger partial charge in [0.2, 0.25) is 5.91 Å². The Morgan fingerprint density at radius 1 is 1.52 bits per heavy atom. The Balaban J connectivity index is 2.46. The van der Waals surface area contributed by atoms with Crippen molar-refractivity contribution in [1.82, 2.24) is 10.6 Å². The summed E-state index contributed by atoms with van der Waals surface area (Å²) in [6.45, 7) is 6.37. The summed E-state index contributed by atoms with van der Waals surface area (Å²) in [6, 6.07) is 1.97. The maximum absolute atomic E-state index is 12.1. The second kappa shape index (κ2) is 7.74. The third-order valence-electron chi connectivity index (χ3n) is 3.69. The smallest absolute Gasteiger partial charge is 0.237 e. The highest BCUT2D eigenvalue weighted by molar-refractivity contribution is 5.82. The van der Waals surface area contributed by atoms with Crippen molar-refractivity contribution in [2.24, 2.45) is 11.3 Å². The number of aliphatic hydroxyl groups excluding tert-OH is 2. The molecule has 0 spiro atoms. The minimum absolute atomic E-state index is 0.0359. The Hall–Kier alpha value is -1.16. The van der Waals surface area contributed by atoms with Crippen LogP contribution in [0.5, 0.6) is 0 Å². The fraction of sp³-hybridized carbons (Fsp3) is 0.867. The number of hydrogen-bond acceptors (Lipinski definition) is 5. The van der Waals surface area contributed by atoms with Crippen molar-refractivity contribution in [2.45, 2.75) is 58.2 Å². The van der Waals surface area contributed by atoms with Crippen molar-refractivity contribution in [3.63, 3.8) is 0 Å². The van der Waals surface area contributed by atoms with Gasteiger partial charge in [0.05, 0.1) is 30.7 Å². The lowest BCUT2D eigenvalue weighted by atomic mass is 9.84. The highest BCUT2D eigenvalue weighted by atomic mass is 16.3. The first kappa shape index (κ1) is 17.9. The molecule has 0 aromatic rings. The van der Waals surface area contributed by atoms with Crippen molar-refractivity contribution in [3.05, 3.63) is 0 Å². The minimum Gasteiger partial charge on any atom is -0.394 e. The predicted molar refractivity (Wildman–Crippen MR) is 79.2 cm³/mol. The van der Waals surface area contributed by atoms with E-state index in [0.29, 0.717) is 19.4 Å². The number of rotatable bonds is 6.